The van der Waals surface area contributed by atoms with Gasteiger partial charge < -0.3 is 10.1 Å². The van der Waals surface area contributed by atoms with Crippen molar-refractivity contribution in [2.24, 2.45) is 0 Å². The molecule has 4 heteroatoms. The molecule has 1 N–H and O–H groups in total. The van der Waals surface area contributed by atoms with Crippen LogP contribution < -0.4 is 5.32 Å². The SMILES string of the molecule is COC1(C(C)NCCn2cccn2)CCCCC1. The quantitative estimate of drug-likeness (QED) is 0.842. The molecule has 1 aromatic heterocycles. The average Bonchev–Trinajstić information content (AvgIpc) is 2.92. The fraction of sp³-hybridized carbons (Fsp3) is 0.786. The number of nitrogens with one attached hydrogen (secondary N) is 1. The van der Waals surface area contributed by atoms with E-state index < -0.39 is 0 Å². The number of nitrogens with zero attached hydrogens (tertiary/aromatic N) is 2. The predicted octanol–water partition coefficient (Wildman–Crippen LogP) is 2.21. The highest BCUT2D eigenvalue weighted by Gasteiger charge is 2.37. The minimum absolute atomic E-state index is 0.0440. The van der Waals surface area contributed by atoms with Crippen molar-refractivity contribution in [1.29, 1.82) is 0 Å². The third kappa shape index (κ3) is 3.12. The average molecular weight is 251 g/mol. The van der Waals surface area contributed by atoms with E-state index in [1.54, 1.807) is 0 Å². The van der Waals surface area contributed by atoms with E-state index in [1.165, 1.54) is 32.1 Å². The molecule has 4 nitrogen and oxygen atoms in total. The summed E-state index contributed by atoms with van der Waals surface area (Å²) in [5.74, 6) is 0. The molecular weight excluding hydrogens is 226 g/mol. The van der Waals surface area contributed by atoms with Gasteiger partial charge in [-0.15, -0.1) is 0 Å². The van der Waals surface area contributed by atoms with Gasteiger partial charge >= 0.3 is 0 Å². The molecule has 0 spiro atoms. The molecule has 2 rings (SSSR count). The Morgan fingerprint density at radius 3 is 2.78 bits per heavy atom. The largest absolute Gasteiger partial charge is 0.377 e. The lowest BCUT2D eigenvalue weighted by Gasteiger charge is -2.41. The Hall–Kier alpha value is -0.870. The van der Waals surface area contributed by atoms with Crippen LogP contribution in [0.15, 0.2) is 18.5 Å². The molecule has 0 aromatic carbocycles. The van der Waals surface area contributed by atoms with E-state index >= 15 is 0 Å². The van der Waals surface area contributed by atoms with Crippen LogP contribution in [0, 0.1) is 0 Å². The maximum Gasteiger partial charge on any atom is 0.0828 e. The molecule has 0 saturated heterocycles. The van der Waals surface area contributed by atoms with Gasteiger partial charge in [0, 0.05) is 32.1 Å². The Morgan fingerprint density at radius 2 is 2.17 bits per heavy atom. The molecule has 18 heavy (non-hydrogen) atoms. The summed E-state index contributed by atoms with van der Waals surface area (Å²) in [6.45, 7) is 4.10. The standard InChI is InChI=1S/C14H25N3O/c1-13(14(18-2)7-4-3-5-8-14)15-10-12-17-11-6-9-16-17/h6,9,11,13,15H,3-5,7-8,10,12H2,1-2H3. The van der Waals surface area contributed by atoms with E-state index in [1.807, 2.05) is 30.3 Å². The minimum atomic E-state index is 0.0440. The van der Waals surface area contributed by atoms with Crippen molar-refractivity contribution < 1.29 is 4.74 Å². The smallest absolute Gasteiger partial charge is 0.0828 e. The molecule has 1 fully saturated rings. The monoisotopic (exact) mass is 251 g/mol. The second kappa shape index (κ2) is 6.34. The van der Waals surface area contributed by atoms with Gasteiger partial charge in [-0.25, -0.2) is 0 Å². The zero-order chi connectivity index (χ0) is 12.8. The number of aromatic nitrogens is 2. The van der Waals surface area contributed by atoms with Crippen molar-refractivity contribution in [2.45, 2.75) is 57.2 Å². The van der Waals surface area contributed by atoms with Crippen molar-refractivity contribution >= 4 is 0 Å². The Kier molecular flexibility index (Phi) is 4.78. The van der Waals surface area contributed by atoms with Crippen LogP contribution in [0.2, 0.25) is 0 Å². The van der Waals surface area contributed by atoms with Gasteiger partial charge in [-0.2, -0.15) is 5.10 Å². The van der Waals surface area contributed by atoms with Crippen molar-refractivity contribution in [2.75, 3.05) is 13.7 Å². The number of rotatable bonds is 6. The van der Waals surface area contributed by atoms with Gasteiger partial charge in [-0.3, -0.25) is 4.68 Å². The van der Waals surface area contributed by atoms with Crippen LogP contribution in [0.4, 0.5) is 0 Å². The van der Waals surface area contributed by atoms with E-state index in [-0.39, 0.29) is 5.60 Å². The van der Waals surface area contributed by atoms with E-state index in [2.05, 4.69) is 17.3 Å². The first-order valence-corrected chi connectivity index (χ1v) is 7.03. The lowest BCUT2D eigenvalue weighted by atomic mass is 9.79. The normalized spacial score (nSPS) is 20.8. The number of methoxy groups -OCH3 is 1. The van der Waals surface area contributed by atoms with Gasteiger partial charge in [0.2, 0.25) is 0 Å². The molecule has 1 heterocycles. The highest BCUT2D eigenvalue weighted by Crippen LogP contribution is 2.33. The summed E-state index contributed by atoms with van der Waals surface area (Å²) >= 11 is 0. The van der Waals surface area contributed by atoms with Crippen LogP contribution in [-0.4, -0.2) is 35.1 Å². The molecule has 0 amide bonds. The van der Waals surface area contributed by atoms with Gasteiger partial charge in [0.1, 0.15) is 0 Å². The maximum absolute atomic E-state index is 5.84. The second-order valence-electron chi connectivity index (χ2n) is 5.27. The first-order chi connectivity index (χ1) is 8.77. The Balaban J connectivity index is 1.80. The zero-order valence-electron chi connectivity index (χ0n) is 11.6. The molecule has 1 atom stereocenters. The van der Waals surface area contributed by atoms with Gasteiger partial charge in [-0.1, -0.05) is 19.3 Å². The van der Waals surface area contributed by atoms with Gasteiger partial charge in [0.15, 0.2) is 0 Å². The predicted molar refractivity (Wildman–Crippen MR) is 72.5 cm³/mol. The van der Waals surface area contributed by atoms with Crippen molar-refractivity contribution in [3.63, 3.8) is 0 Å². The summed E-state index contributed by atoms with van der Waals surface area (Å²) in [5, 5.41) is 7.81. The third-order valence-electron chi connectivity index (χ3n) is 4.25. The fourth-order valence-electron chi connectivity index (χ4n) is 2.98. The van der Waals surface area contributed by atoms with Crippen molar-refractivity contribution in [3.8, 4) is 0 Å². The molecule has 0 aliphatic heterocycles. The fourth-order valence-corrected chi connectivity index (χ4v) is 2.98. The second-order valence-corrected chi connectivity index (χ2v) is 5.27. The van der Waals surface area contributed by atoms with Crippen LogP contribution in [0.25, 0.3) is 0 Å². The molecule has 1 aliphatic carbocycles. The lowest BCUT2D eigenvalue weighted by Crippen LogP contribution is -2.52. The Labute approximate surface area is 110 Å². The summed E-state index contributed by atoms with van der Waals surface area (Å²) in [6, 6.07) is 2.36. The first-order valence-electron chi connectivity index (χ1n) is 7.03. The van der Waals surface area contributed by atoms with Crippen molar-refractivity contribution in [1.82, 2.24) is 15.1 Å². The van der Waals surface area contributed by atoms with Gasteiger partial charge in [0.25, 0.3) is 0 Å². The molecule has 102 valence electrons. The highest BCUT2D eigenvalue weighted by molar-refractivity contribution is 4.93. The summed E-state index contributed by atoms with van der Waals surface area (Å²) in [7, 11) is 1.86. The number of hydrogen-bond acceptors (Lipinski definition) is 3. The number of ether oxygens (including phenoxy) is 1. The lowest BCUT2D eigenvalue weighted by molar-refractivity contribution is -0.0630. The molecule has 0 radical (unpaired) electrons. The van der Waals surface area contributed by atoms with E-state index in [4.69, 9.17) is 4.74 Å². The Morgan fingerprint density at radius 1 is 1.39 bits per heavy atom. The number of hydrogen-bond donors (Lipinski definition) is 1. The van der Waals surface area contributed by atoms with E-state index in [0.29, 0.717) is 6.04 Å². The summed E-state index contributed by atoms with van der Waals surface area (Å²) in [4.78, 5) is 0. The third-order valence-corrected chi connectivity index (χ3v) is 4.25. The van der Waals surface area contributed by atoms with Crippen LogP contribution >= 0.6 is 0 Å². The van der Waals surface area contributed by atoms with Crippen LogP contribution in [0.1, 0.15) is 39.0 Å². The van der Waals surface area contributed by atoms with E-state index in [0.717, 1.165) is 13.1 Å². The molecule has 1 aromatic rings. The molecule has 1 unspecified atom stereocenters. The van der Waals surface area contributed by atoms with Gasteiger partial charge in [-0.05, 0) is 25.8 Å². The van der Waals surface area contributed by atoms with Crippen LogP contribution in [0.5, 0.6) is 0 Å². The molecule has 1 aliphatic rings. The zero-order valence-corrected chi connectivity index (χ0v) is 11.6. The van der Waals surface area contributed by atoms with Crippen molar-refractivity contribution in [3.05, 3.63) is 18.5 Å². The Bertz CT molecular complexity index is 331. The topological polar surface area (TPSA) is 39.1 Å². The van der Waals surface area contributed by atoms with Crippen LogP contribution in [0.3, 0.4) is 0 Å². The molecule has 0 bridgehead atoms. The van der Waals surface area contributed by atoms with Gasteiger partial charge in [0.05, 0.1) is 12.1 Å². The summed E-state index contributed by atoms with van der Waals surface area (Å²) in [5.41, 5.74) is 0.0440. The summed E-state index contributed by atoms with van der Waals surface area (Å²) < 4.78 is 7.80. The first kappa shape index (κ1) is 13.6. The summed E-state index contributed by atoms with van der Waals surface area (Å²) in [6.07, 6.45) is 10.1. The van der Waals surface area contributed by atoms with Crippen LogP contribution in [-0.2, 0) is 11.3 Å². The highest BCUT2D eigenvalue weighted by atomic mass is 16.5. The molecular formula is C14H25N3O. The molecule has 1 saturated carbocycles. The van der Waals surface area contributed by atoms with E-state index in [9.17, 15) is 0 Å². The maximum atomic E-state index is 5.84. The minimum Gasteiger partial charge on any atom is -0.377 e.